The Bertz CT molecular complexity index is 4170. The molecule has 0 aliphatic carbocycles. The number of carboxylic acid groups (broad SMARTS) is 1. The van der Waals surface area contributed by atoms with Gasteiger partial charge in [0.2, 0.25) is 23.6 Å². The molecule has 33 heteroatoms. The van der Waals surface area contributed by atoms with E-state index in [0.717, 1.165) is 41.5 Å². The number of ether oxygens (including phenoxy) is 6. The number of aliphatic carboxylic acids is 1. The SMILES string of the molecule is CC(=O)Oc1cccc(C(=O)NCc2cc(CNC(=O)c3cccc(OC(C)=O)c3OC(C)=O)c(NC(=O)CCCc3cn(CCC(=O)N[C@@H](C(=O)N[C@@H]4C(=O)N5[C@@H]4SC(C)(C)[C@@H]5C(=O)O)c4ccc(O)cc4)nn3)c(CNC(=O)c3cccc(OC(C)=O)c3OC(C)=O)c2)c1OC(C)=O. The van der Waals surface area contributed by atoms with Gasteiger partial charge in [-0.3, -0.25) is 67.0 Å². The fraction of sp³-hybridized carbons (Fsp3) is 0.313. The Morgan fingerprint density at radius 3 is 1.51 bits per heavy atom. The number of carbonyl (C=O) groups is 14. The second-order valence-electron chi connectivity index (χ2n) is 23.1. The van der Waals surface area contributed by atoms with Gasteiger partial charge < -0.3 is 75.4 Å². The van der Waals surface area contributed by atoms with E-state index in [-0.39, 0.29) is 112 Å². The quantitative estimate of drug-likeness (QED) is 0.0194. The Hall–Kier alpha value is -12.0. The molecule has 1 aromatic heterocycles. The number of phenolic OH excluding ortho intramolecular Hbond substituents is 1. The molecule has 524 valence electrons. The summed E-state index contributed by atoms with van der Waals surface area (Å²) in [6.07, 6.45) is 1.34. The highest BCUT2D eigenvalue weighted by Crippen LogP contribution is 2.51. The van der Waals surface area contributed by atoms with E-state index in [1.54, 1.807) is 13.8 Å². The van der Waals surface area contributed by atoms with Crippen LogP contribution < -0.4 is 60.3 Å². The smallest absolute Gasteiger partial charge is 0.327 e. The zero-order valence-corrected chi connectivity index (χ0v) is 55.8. The maximum Gasteiger partial charge on any atom is 0.327 e. The number of carbonyl (C=O) groups excluding carboxylic acids is 13. The number of fused-ring (bicyclic) bond motifs is 1. The van der Waals surface area contributed by atoms with Crippen molar-refractivity contribution < 1.29 is 106 Å². The molecule has 6 aromatic rings. The van der Waals surface area contributed by atoms with Crippen molar-refractivity contribution in [2.45, 2.75) is 135 Å². The summed E-state index contributed by atoms with van der Waals surface area (Å²) < 4.78 is 32.2. The van der Waals surface area contributed by atoms with Gasteiger partial charge >= 0.3 is 41.8 Å². The number of nitrogens with zero attached hydrogens (tertiary/aromatic N) is 4. The van der Waals surface area contributed by atoms with Crippen LogP contribution in [-0.2, 0) is 85.3 Å². The molecule has 0 bridgehead atoms. The number of carboxylic acids is 1. The molecule has 3 heterocycles. The third-order valence-corrected chi connectivity index (χ3v) is 16.5. The largest absolute Gasteiger partial charge is 0.508 e. The van der Waals surface area contributed by atoms with Gasteiger partial charge in [-0.1, -0.05) is 47.7 Å². The number of phenols is 1. The first kappa shape index (κ1) is 73.8. The molecule has 0 spiro atoms. The number of rotatable bonds is 28. The standard InChI is InChI=1S/C67H68N10O22S/c1-33(78)94-48-17-10-14-45(56(48)97-36(4)81)60(87)68-29-39-27-41(30-69-61(88)46-15-11-18-49(95-34(2)79)57(46)98-37(5)82)53(42(28-39)31-70-62(89)47-16-12-19-50(96-35(3)80)58(47)99-38(6)83)71-51(85)20-9-13-43-32-76(75-74-43)26-25-52(86)72-54(40-21-23-44(84)24-22-40)63(90)73-55-64(91)77-59(66(92)93)67(7,8)100-65(55)77/h10-12,14-19,21-24,27-28,32,54-55,59,65,84H,9,13,20,25-26,29-31H2,1-8H3,(H,68,87)(H,69,88)(H,70,89)(H,71,85)(H,72,86)(H,73,90)(H,92,93)/t54-,55-,59+,65-/m1/s1. The second-order valence-corrected chi connectivity index (χ2v) is 24.9. The fourth-order valence-electron chi connectivity index (χ4n) is 10.7. The number of thioether (sulfide) groups is 1. The number of amides is 7. The van der Waals surface area contributed by atoms with Crippen LogP contribution in [0.25, 0.3) is 0 Å². The molecule has 4 atom stereocenters. The number of β-lactam (4-membered cyclic amide) rings is 1. The van der Waals surface area contributed by atoms with Gasteiger partial charge in [0.05, 0.1) is 34.6 Å². The zero-order chi connectivity index (χ0) is 72.9. The molecule has 2 saturated heterocycles. The Morgan fingerprint density at radius 1 is 0.600 bits per heavy atom. The molecule has 0 radical (unpaired) electrons. The van der Waals surface area contributed by atoms with Crippen LogP contribution in [0.3, 0.4) is 0 Å². The van der Waals surface area contributed by atoms with Gasteiger partial charge in [-0.2, -0.15) is 0 Å². The Kier molecular flexibility index (Phi) is 23.9. The Balaban J connectivity index is 1.04. The van der Waals surface area contributed by atoms with E-state index in [4.69, 9.17) is 28.4 Å². The molecule has 100 heavy (non-hydrogen) atoms. The van der Waals surface area contributed by atoms with Gasteiger partial charge in [0.25, 0.3) is 17.7 Å². The Morgan fingerprint density at radius 2 is 1.06 bits per heavy atom. The number of aromatic hydroxyl groups is 1. The van der Waals surface area contributed by atoms with Gasteiger partial charge in [0.15, 0.2) is 34.5 Å². The van der Waals surface area contributed by atoms with Crippen LogP contribution in [0.5, 0.6) is 40.2 Å². The lowest BCUT2D eigenvalue weighted by molar-refractivity contribution is -0.161. The maximum atomic E-state index is 14.3. The predicted molar refractivity (Wildman–Crippen MR) is 348 cm³/mol. The second kappa shape index (κ2) is 32.3. The number of esters is 6. The van der Waals surface area contributed by atoms with E-state index in [2.05, 4.69) is 42.2 Å². The lowest BCUT2D eigenvalue weighted by Gasteiger charge is -2.44. The molecule has 8 N–H and O–H groups in total. The molecule has 8 rings (SSSR count). The number of aryl methyl sites for hydroxylation is 2. The summed E-state index contributed by atoms with van der Waals surface area (Å²) in [4.78, 5) is 184. The summed E-state index contributed by atoms with van der Waals surface area (Å²) in [5.41, 5.74) is 0.340. The zero-order valence-electron chi connectivity index (χ0n) is 55.0. The summed E-state index contributed by atoms with van der Waals surface area (Å²) in [6, 6.07) is 16.6. The van der Waals surface area contributed by atoms with Crippen LogP contribution in [0, 0.1) is 0 Å². The van der Waals surface area contributed by atoms with Gasteiger partial charge in [0.1, 0.15) is 29.2 Å². The molecule has 5 aromatic carbocycles. The first-order valence-corrected chi connectivity index (χ1v) is 31.5. The van der Waals surface area contributed by atoms with E-state index in [1.807, 2.05) is 0 Å². The number of anilines is 1. The molecule has 0 saturated carbocycles. The number of aromatic nitrogens is 3. The number of hydrogen-bond acceptors (Lipinski definition) is 24. The molecule has 7 amide bonds. The lowest BCUT2D eigenvalue weighted by Crippen LogP contribution is -2.71. The van der Waals surface area contributed by atoms with Crippen molar-refractivity contribution in [2.24, 2.45) is 0 Å². The normalized spacial score (nSPS) is 15.0. The van der Waals surface area contributed by atoms with Gasteiger partial charge in [0, 0.05) is 85.0 Å². The predicted octanol–water partition coefficient (Wildman–Crippen LogP) is 4.17. The number of para-hydroxylation sites is 3. The minimum absolute atomic E-state index is 0.00193. The molecule has 0 unspecified atom stereocenters. The maximum absolute atomic E-state index is 14.3. The molecule has 32 nitrogen and oxygen atoms in total. The number of nitrogens with one attached hydrogen (secondary N) is 6. The first-order valence-electron chi connectivity index (χ1n) is 30.7. The number of hydrogen-bond donors (Lipinski definition) is 8. The van der Waals surface area contributed by atoms with Gasteiger partial charge in [-0.15, -0.1) is 16.9 Å². The Labute approximate surface area is 573 Å². The van der Waals surface area contributed by atoms with Crippen LogP contribution in [-0.4, -0.2) is 135 Å². The van der Waals surface area contributed by atoms with Crippen molar-refractivity contribution >= 4 is 101 Å². The molecule has 2 fully saturated rings. The van der Waals surface area contributed by atoms with E-state index >= 15 is 0 Å². The number of benzene rings is 5. The molecular formula is C67H68N10O22S. The van der Waals surface area contributed by atoms with Crippen molar-refractivity contribution in [3.05, 3.63) is 142 Å². The van der Waals surface area contributed by atoms with Crippen molar-refractivity contribution in [2.75, 3.05) is 5.32 Å². The topological polar surface area (TPSA) is 441 Å². The molecular weight excluding hydrogens is 1330 g/mol. The summed E-state index contributed by atoms with van der Waals surface area (Å²) in [5.74, 6) is -13.6. The fourth-order valence-corrected chi connectivity index (χ4v) is 12.4. The van der Waals surface area contributed by atoms with Crippen LogP contribution in [0.2, 0.25) is 0 Å². The lowest BCUT2D eigenvalue weighted by atomic mass is 9.95. The van der Waals surface area contributed by atoms with Crippen molar-refractivity contribution in [1.82, 2.24) is 46.5 Å². The van der Waals surface area contributed by atoms with Crippen LogP contribution in [0.1, 0.15) is 140 Å². The third-order valence-electron chi connectivity index (χ3n) is 14.9. The van der Waals surface area contributed by atoms with Crippen molar-refractivity contribution in [3.8, 4) is 40.2 Å². The highest BCUT2D eigenvalue weighted by atomic mass is 32.2. The average molecular weight is 1400 g/mol. The van der Waals surface area contributed by atoms with E-state index < -0.39 is 136 Å². The van der Waals surface area contributed by atoms with Gasteiger partial charge in [-0.05, 0) is 97.5 Å². The van der Waals surface area contributed by atoms with E-state index in [0.29, 0.717) is 5.69 Å². The minimum atomic E-state index is -1.35. The minimum Gasteiger partial charge on any atom is -0.508 e. The van der Waals surface area contributed by atoms with Crippen molar-refractivity contribution in [1.29, 1.82) is 0 Å². The average Bonchev–Trinajstić information content (AvgIpc) is 1.55. The third kappa shape index (κ3) is 18.7. The van der Waals surface area contributed by atoms with E-state index in [1.165, 1.54) is 119 Å². The summed E-state index contributed by atoms with van der Waals surface area (Å²) in [6.45, 7) is 8.45. The summed E-state index contributed by atoms with van der Waals surface area (Å²) >= 11 is 1.22. The monoisotopic (exact) mass is 1400 g/mol. The summed E-state index contributed by atoms with van der Waals surface area (Å²) in [5, 5.41) is 43.8. The van der Waals surface area contributed by atoms with Crippen LogP contribution >= 0.6 is 11.8 Å². The van der Waals surface area contributed by atoms with E-state index in [9.17, 15) is 77.3 Å². The van der Waals surface area contributed by atoms with Gasteiger partial charge in [-0.25, -0.2) is 4.79 Å². The molecule has 2 aliphatic heterocycles. The highest BCUT2D eigenvalue weighted by molar-refractivity contribution is 8.01. The van der Waals surface area contributed by atoms with Crippen molar-refractivity contribution in [3.63, 3.8) is 0 Å². The molecule has 2 aliphatic rings. The summed E-state index contributed by atoms with van der Waals surface area (Å²) in [7, 11) is 0. The highest BCUT2D eigenvalue weighted by Gasteiger charge is 2.64. The first-order chi connectivity index (χ1) is 47.4. The van der Waals surface area contributed by atoms with Crippen LogP contribution in [0.15, 0.2) is 97.2 Å². The van der Waals surface area contributed by atoms with Crippen LogP contribution in [0.4, 0.5) is 5.69 Å².